The van der Waals surface area contributed by atoms with Gasteiger partial charge in [0.05, 0.1) is 16.5 Å². The van der Waals surface area contributed by atoms with Gasteiger partial charge in [-0.2, -0.15) is 0 Å². The number of sulfone groups is 1. The molecule has 1 aliphatic rings. The zero-order chi connectivity index (χ0) is 13.8. The monoisotopic (exact) mass is 292 g/mol. The van der Waals surface area contributed by atoms with Gasteiger partial charge in [0.15, 0.2) is 9.84 Å². The van der Waals surface area contributed by atoms with Crippen molar-refractivity contribution in [2.75, 3.05) is 31.1 Å². The molecule has 1 fully saturated rings. The van der Waals surface area contributed by atoms with Crippen LogP contribution in [0.2, 0.25) is 0 Å². The topological polar surface area (TPSA) is 63.4 Å². The minimum atomic E-state index is -2.80. The van der Waals surface area contributed by atoms with E-state index in [4.69, 9.17) is 18.0 Å². The van der Waals surface area contributed by atoms with E-state index < -0.39 is 9.84 Å². The van der Waals surface area contributed by atoms with Crippen molar-refractivity contribution < 1.29 is 8.42 Å². The van der Waals surface area contributed by atoms with Crippen molar-refractivity contribution in [2.24, 2.45) is 11.1 Å². The first-order valence-electron chi connectivity index (χ1n) is 6.46. The van der Waals surface area contributed by atoms with Gasteiger partial charge < -0.3 is 10.6 Å². The second kappa shape index (κ2) is 6.30. The highest BCUT2D eigenvalue weighted by Gasteiger charge is 2.22. The first-order chi connectivity index (χ1) is 8.23. The van der Waals surface area contributed by atoms with Crippen LogP contribution in [0.5, 0.6) is 0 Å². The SMILES string of the molecule is CC(C)(CCCN1CCCS(=O)(=O)CC1)C(N)=S. The summed E-state index contributed by atoms with van der Waals surface area (Å²) in [7, 11) is -2.80. The Labute approximate surface area is 116 Å². The first kappa shape index (κ1) is 15.9. The summed E-state index contributed by atoms with van der Waals surface area (Å²) in [6, 6.07) is 0. The van der Waals surface area contributed by atoms with Crippen LogP contribution in [0.25, 0.3) is 0 Å². The first-order valence-corrected chi connectivity index (χ1v) is 8.69. The minimum absolute atomic E-state index is 0.104. The fourth-order valence-electron chi connectivity index (χ4n) is 2.08. The van der Waals surface area contributed by atoms with Crippen molar-refractivity contribution in [3.63, 3.8) is 0 Å². The molecule has 0 atom stereocenters. The van der Waals surface area contributed by atoms with Crippen LogP contribution in [-0.2, 0) is 9.84 Å². The molecule has 4 nitrogen and oxygen atoms in total. The van der Waals surface area contributed by atoms with E-state index in [2.05, 4.69) is 18.7 Å². The number of hydrogen-bond acceptors (Lipinski definition) is 4. The molecule has 0 aromatic carbocycles. The van der Waals surface area contributed by atoms with Crippen molar-refractivity contribution in [3.8, 4) is 0 Å². The van der Waals surface area contributed by atoms with Crippen LogP contribution in [0.3, 0.4) is 0 Å². The minimum Gasteiger partial charge on any atom is -0.393 e. The number of nitrogens with zero attached hydrogens (tertiary/aromatic N) is 1. The molecule has 0 aromatic rings. The molecule has 1 rings (SSSR count). The maximum absolute atomic E-state index is 11.5. The summed E-state index contributed by atoms with van der Waals surface area (Å²) in [5.74, 6) is 0.633. The highest BCUT2D eigenvalue weighted by molar-refractivity contribution is 7.91. The highest BCUT2D eigenvalue weighted by atomic mass is 32.2. The predicted molar refractivity (Wildman–Crippen MR) is 79.5 cm³/mol. The molecule has 1 heterocycles. The van der Waals surface area contributed by atoms with Crippen molar-refractivity contribution in [3.05, 3.63) is 0 Å². The quantitative estimate of drug-likeness (QED) is 0.771. The molecular weight excluding hydrogens is 268 g/mol. The number of nitrogens with two attached hydrogens (primary N) is 1. The van der Waals surface area contributed by atoms with E-state index >= 15 is 0 Å². The number of thiocarbonyl (C=S) groups is 1. The fourth-order valence-corrected chi connectivity index (χ4v) is 3.49. The van der Waals surface area contributed by atoms with E-state index in [9.17, 15) is 8.42 Å². The van der Waals surface area contributed by atoms with E-state index in [1.807, 2.05) is 0 Å². The molecule has 0 radical (unpaired) electrons. The van der Waals surface area contributed by atoms with Crippen LogP contribution >= 0.6 is 12.2 Å². The van der Waals surface area contributed by atoms with Gasteiger partial charge in [-0.3, -0.25) is 0 Å². The maximum Gasteiger partial charge on any atom is 0.151 e. The van der Waals surface area contributed by atoms with Crippen LogP contribution in [0.15, 0.2) is 0 Å². The maximum atomic E-state index is 11.5. The Morgan fingerprint density at radius 3 is 2.61 bits per heavy atom. The molecule has 0 spiro atoms. The third-order valence-electron chi connectivity index (χ3n) is 3.59. The molecule has 0 saturated carbocycles. The summed E-state index contributed by atoms with van der Waals surface area (Å²) in [4.78, 5) is 2.79. The third-order valence-corrected chi connectivity index (χ3v) is 5.86. The van der Waals surface area contributed by atoms with Gasteiger partial charge in [0.2, 0.25) is 0 Å². The lowest BCUT2D eigenvalue weighted by molar-refractivity contribution is 0.276. The van der Waals surface area contributed by atoms with Crippen molar-refractivity contribution in [2.45, 2.75) is 33.1 Å². The Morgan fingerprint density at radius 2 is 2.00 bits per heavy atom. The molecule has 0 aliphatic carbocycles. The van der Waals surface area contributed by atoms with Gasteiger partial charge in [0, 0.05) is 12.0 Å². The van der Waals surface area contributed by atoms with Crippen LogP contribution in [-0.4, -0.2) is 49.4 Å². The zero-order valence-corrected chi connectivity index (χ0v) is 12.9. The number of rotatable bonds is 5. The summed E-state index contributed by atoms with van der Waals surface area (Å²) >= 11 is 5.04. The average molecular weight is 292 g/mol. The van der Waals surface area contributed by atoms with E-state index in [1.165, 1.54) is 0 Å². The smallest absolute Gasteiger partial charge is 0.151 e. The Kier molecular flexibility index (Phi) is 5.55. The molecule has 0 amide bonds. The van der Waals surface area contributed by atoms with Gasteiger partial charge in [-0.25, -0.2) is 8.42 Å². The van der Waals surface area contributed by atoms with E-state index in [-0.39, 0.29) is 5.41 Å². The van der Waals surface area contributed by atoms with Gasteiger partial charge in [0.25, 0.3) is 0 Å². The summed E-state index contributed by atoms with van der Waals surface area (Å²) in [6.07, 6.45) is 2.71. The summed E-state index contributed by atoms with van der Waals surface area (Å²) in [5, 5.41) is 0. The van der Waals surface area contributed by atoms with Crippen LogP contribution < -0.4 is 5.73 Å². The molecule has 6 heteroatoms. The number of hydrogen-bond donors (Lipinski definition) is 1. The lowest BCUT2D eigenvalue weighted by atomic mass is 9.88. The van der Waals surface area contributed by atoms with Gasteiger partial charge in [-0.1, -0.05) is 26.1 Å². The third kappa shape index (κ3) is 5.20. The van der Waals surface area contributed by atoms with Crippen molar-refractivity contribution in [1.82, 2.24) is 4.90 Å². The van der Waals surface area contributed by atoms with Crippen LogP contribution in [0, 0.1) is 5.41 Å². The second-order valence-corrected chi connectivity index (χ2v) is 8.44. The molecule has 1 aliphatic heterocycles. The van der Waals surface area contributed by atoms with Crippen LogP contribution in [0.1, 0.15) is 33.1 Å². The van der Waals surface area contributed by atoms with Gasteiger partial charge >= 0.3 is 0 Å². The van der Waals surface area contributed by atoms with Crippen molar-refractivity contribution in [1.29, 1.82) is 0 Å². The van der Waals surface area contributed by atoms with Gasteiger partial charge in [-0.05, 0) is 32.4 Å². The van der Waals surface area contributed by atoms with E-state index in [0.717, 1.165) is 32.4 Å². The average Bonchev–Trinajstić information content (AvgIpc) is 2.40. The fraction of sp³-hybridized carbons (Fsp3) is 0.917. The summed E-state index contributed by atoms with van der Waals surface area (Å²) < 4.78 is 23.0. The summed E-state index contributed by atoms with van der Waals surface area (Å²) in [6.45, 7) is 6.59. The second-order valence-electron chi connectivity index (χ2n) is 5.70. The van der Waals surface area contributed by atoms with E-state index in [1.54, 1.807) is 0 Å². The van der Waals surface area contributed by atoms with Crippen LogP contribution in [0.4, 0.5) is 0 Å². The Morgan fingerprint density at radius 1 is 1.33 bits per heavy atom. The van der Waals surface area contributed by atoms with Gasteiger partial charge in [-0.15, -0.1) is 0 Å². The predicted octanol–water partition coefficient (Wildman–Crippen LogP) is 1.20. The Balaban J connectivity index is 2.34. The highest BCUT2D eigenvalue weighted by Crippen LogP contribution is 2.22. The van der Waals surface area contributed by atoms with Crippen molar-refractivity contribution >= 4 is 27.0 Å². The molecule has 0 aromatic heterocycles. The van der Waals surface area contributed by atoms with E-state index in [0.29, 0.717) is 23.0 Å². The standard InChI is InChI=1S/C12H24N2O2S2/c1-12(2,11(13)17)5-3-6-14-7-4-9-18(15,16)10-8-14/h3-10H2,1-2H3,(H2,13,17). The lowest BCUT2D eigenvalue weighted by Crippen LogP contribution is -2.32. The Bertz CT molecular complexity index is 391. The molecule has 106 valence electrons. The molecule has 18 heavy (non-hydrogen) atoms. The molecule has 1 saturated heterocycles. The molecule has 0 unspecified atom stereocenters. The molecular formula is C12H24N2O2S2. The molecule has 0 bridgehead atoms. The summed E-state index contributed by atoms with van der Waals surface area (Å²) in [5.41, 5.74) is 5.58. The Hall–Kier alpha value is -0.200. The molecule has 2 N–H and O–H groups in total. The zero-order valence-electron chi connectivity index (χ0n) is 11.3. The largest absolute Gasteiger partial charge is 0.393 e. The van der Waals surface area contributed by atoms with Gasteiger partial charge in [0.1, 0.15) is 0 Å². The lowest BCUT2D eigenvalue weighted by Gasteiger charge is -2.25. The normalized spacial score (nSPS) is 21.4.